The number of aromatic nitrogens is 1. The Labute approximate surface area is 117 Å². The van der Waals surface area contributed by atoms with Gasteiger partial charge >= 0.3 is 0 Å². The minimum absolute atomic E-state index is 0.427. The largest absolute Gasteiger partial charge is 0.311 e. The molecule has 0 saturated carbocycles. The van der Waals surface area contributed by atoms with Gasteiger partial charge in [0.05, 0.1) is 0 Å². The number of hydrogen-bond acceptors (Lipinski definition) is 3. The van der Waals surface area contributed by atoms with Crippen LogP contribution in [0.25, 0.3) is 5.00 Å². The maximum atomic E-state index is 3.66. The average molecular weight is 273 g/mol. The Morgan fingerprint density at radius 1 is 1.37 bits per heavy atom. The van der Waals surface area contributed by atoms with Crippen molar-refractivity contribution >= 4 is 11.3 Å². The van der Waals surface area contributed by atoms with Crippen LogP contribution < -0.4 is 5.32 Å². The van der Waals surface area contributed by atoms with Gasteiger partial charge in [-0.1, -0.05) is 0 Å². The summed E-state index contributed by atoms with van der Waals surface area (Å²) in [5.41, 5.74) is 4.53. The Morgan fingerprint density at radius 2 is 2.26 bits per heavy atom. The molecule has 2 aliphatic rings. The van der Waals surface area contributed by atoms with Crippen molar-refractivity contribution in [3.8, 4) is 5.00 Å². The van der Waals surface area contributed by atoms with E-state index in [2.05, 4.69) is 47.1 Å². The molecule has 4 heterocycles. The number of hydrogen-bond donors (Lipinski definition) is 1. The molecule has 0 amide bonds. The number of thiophene rings is 1. The van der Waals surface area contributed by atoms with Crippen LogP contribution >= 0.6 is 11.3 Å². The molecular formula is C15H19N3S. The molecule has 0 bridgehead atoms. The third kappa shape index (κ3) is 1.71. The number of rotatable bonds is 0. The highest BCUT2D eigenvalue weighted by molar-refractivity contribution is 7.15. The maximum Gasteiger partial charge on any atom is 0.104 e. The van der Waals surface area contributed by atoms with Crippen LogP contribution in [0.4, 0.5) is 0 Å². The van der Waals surface area contributed by atoms with Gasteiger partial charge in [0.25, 0.3) is 0 Å². The van der Waals surface area contributed by atoms with E-state index in [9.17, 15) is 0 Å². The SMILES string of the molecule is CC1NCc2c(sc3c2CCN(C)C3)-n2cccc21. The van der Waals surface area contributed by atoms with Gasteiger partial charge in [0.2, 0.25) is 0 Å². The molecule has 2 aromatic heterocycles. The summed E-state index contributed by atoms with van der Waals surface area (Å²) in [6.45, 7) is 5.56. The quantitative estimate of drug-likeness (QED) is 0.796. The maximum absolute atomic E-state index is 3.66. The van der Waals surface area contributed by atoms with Gasteiger partial charge in [0.15, 0.2) is 0 Å². The fraction of sp³-hybridized carbons (Fsp3) is 0.467. The first kappa shape index (κ1) is 11.7. The smallest absolute Gasteiger partial charge is 0.104 e. The topological polar surface area (TPSA) is 20.2 Å². The van der Waals surface area contributed by atoms with Gasteiger partial charge in [-0.25, -0.2) is 0 Å². The van der Waals surface area contributed by atoms with Gasteiger partial charge in [0.1, 0.15) is 5.00 Å². The van der Waals surface area contributed by atoms with Crippen molar-refractivity contribution in [2.75, 3.05) is 13.6 Å². The normalized spacial score (nSPS) is 22.5. The number of nitrogens with zero attached hydrogens (tertiary/aromatic N) is 2. The lowest BCUT2D eigenvalue weighted by Gasteiger charge is -2.23. The van der Waals surface area contributed by atoms with Crippen LogP contribution in [0.15, 0.2) is 18.3 Å². The van der Waals surface area contributed by atoms with Gasteiger partial charge in [0, 0.05) is 48.0 Å². The lowest BCUT2D eigenvalue weighted by atomic mass is 10.0. The molecular weight excluding hydrogens is 254 g/mol. The van der Waals surface area contributed by atoms with E-state index in [1.807, 2.05) is 11.3 Å². The highest BCUT2D eigenvalue weighted by Gasteiger charge is 2.27. The summed E-state index contributed by atoms with van der Waals surface area (Å²) in [6, 6.07) is 4.82. The van der Waals surface area contributed by atoms with Gasteiger partial charge < -0.3 is 14.8 Å². The first-order valence-electron chi connectivity index (χ1n) is 6.97. The van der Waals surface area contributed by atoms with Crippen molar-refractivity contribution in [3.05, 3.63) is 40.0 Å². The van der Waals surface area contributed by atoms with Gasteiger partial charge in [-0.3, -0.25) is 0 Å². The van der Waals surface area contributed by atoms with Crippen molar-refractivity contribution in [3.63, 3.8) is 0 Å². The van der Waals surface area contributed by atoms with Crippen LogP contribution in [0.5, 0.6) is 0 Å². The third-order valence-electron chi connectivity index (χ3n) is 4.36. The number of likely N-dealkylation sites (N-methyl/N-ethyl adjacent to an activating group) is 1. The first-order chi connectivity index (χ1) is 9.24. The summed E-state index contributed by atoms with van der Waals surface area (Å²) in [5, 5.41) is 5.10. The van der Waals surface area contributed by atoms with Crippen molar-refractivity contribution in [1.29, 1.82) is 0 Å². The van der Waals surface area contributed by atoms with Gasteiger partial charge in [-0.05, 0) is 38.1 Å². The molecule has 3 nitrogen and oxygen atoms in total. The highest BCUT2D eigenvalue weighted by Crippen LogP contribution is 2.38. The predicted molar refractivity (Wildman–Crippen MR) is 78.9 cm³/mol. The lowest BCUT2D eigenvalue weighted by Crippen LogP contribution is -2.26. The molecule has 0 aliphatic carbocycles. The van der Waals surface area contributed by atoms with Crippen LogP contribution in [0, 0.1) is 0 Å². The Morgan fingerprint density at radius 3 is 3.16 bits per heavy atom. The predicted octanol–water partition coefficient (Wildman–Crippen LogP) is 2.69. The third-order valence-corrected chi connectivity index (χ3v) is 5.62. The molecule has 2 aliphatic heterocycles. The average Bonchev–Trinajstić information content (AvgIpc) is 2.96. The summed E-state index contributed by atoms with van der Waals surface area (Å²) in [5.74, 6) is 0. The Kier molecular flexibility index (Phi) is 2.59. The summed E-state index contributed by atoms with van der Waals surface area (Å²) in [6.07, 6.45) is 3.41. The van der Waals surface area contributed by atoms with Crippen LogP contribution in [-0.4, -0.2) is 23.1 Å². The molecule has 4 rings (SSSR count). The van der Waals surface area contributed by atoms with E-state index < -0.39 is 0 Å². The molecule has 4 heteroatoms. The van der Waals surface area contributed by atoms with Crippen molar-refractivity contribution in [1.82, 2.24) is 14.8 Å². The van der Waals surface area contributed by atoms with E-state index in [0.29, 0.717) is 6.04 Å². The second kappa shape index (κ2) is 4.20. The molecule has 0 radical (unpaired) electrons. The Balaban J connectivity index is 1.90. The van der Waals surface area contributed by atoms with Gasteiger partial charge in [-0.15, -0.1) is 11.3 Å². The zero-order valence-electron chi connectivity index (χ0n) is 11.4. The van der Waals surface area contributed by atoms with Crippen LogP contribution in [-0.2, 0) is 19.5 Å². The lowest BCUT2D eigenvalue weighted by molar-refractivity contribution is 0.316. The van der Waals surface area contributed by atoms with E-state index in [1.54, 1.807) is 10.4 Å². The Hall–Kier alpha value is -1.10. The molecule has 19 heavy (non-hydrogen) atoms. The molecule has 100 valence electrons. The number of fused-ring (bicyclic) bond motifs is 5. The standard InChI is InChI=1S/C15H19N3S/c1-10-13-4-3-6-18(13)15-12(8-16-10)11-5-7-17(2)9-14(11)19-15/h3-4,6,10,16H,5,7-9H2,1-2H3. The molecule has 0 fully saturated rings. The molecule has 1 N–H and O–H groups in total. The van der Waals surface area contributed by atoms with Crippen molar-refractivity contribution in [2.24, 2.45) is 0 Å². The van der Waals surface area contributed by atoms with E-state index in [1.165, 1.54) is 29.2 Å². The minimum Gasteiger partial charge on any atom is -0.311 e. The van der Waals surface area contributed by atoms with Crippen LogP contribution in [0.3, 0.4) is 0 Å². The Bertz CT molecular complexity index is 625. The molecule has 0 aromatic carbocycles. The summed E-state index contributed by atoms with van der Waals surface area (Å²) >= 11 is 1.99. The summed E-state index contributed by atoms with van der Waals surface area (Å²) < 4.78 is 2.39. The molecule has 1 atom stereocenters. The fourth-order valence-corrected chi connectivity index (χ4v) is 4.70. The first-order valence-corrected chi connectivity index (χ1v) is 7.78. The molecule has 2 aromatic rings. The van der Waals surface area contributed by atoms with Crippen molar-refractivity contribution < 1.29 is 0 Å². The second-order valence-electron chi connectivity index (χ2n) is 5.68. The molecule has 1 unspecified atom stereocenters. The molecule has 0 spiro atoms. The van der Waals surface area contributed by atoms with Crippen molar-refractivity contribution in [2.45, 2.75) is 32.5 Å². The van der Waals surface area contributed by atoms with E-state index in [0.717, 1.165) is 13.1 Å². The van der Waals surface area contributed by atoms with E-state index >= 15 is 0 Å². The summed E-state index contributed by atoms with van der Waals surface area (Å²) in [4.78, 5) is 3.99. The highest BCUT2D eigenvalue weighted by atomic mass is 32.1. The van der Waals surface area contributed by atoms with E-state index in [4.69, 9.17) is 0 Å². The van der Waals surface area contributed by atoms with E-state index in [-0.39, 0.29) is 0 Å². The second-order valence-corrected chi connectivity index (χ2v) is 6.76. The zero-order chi connectivity index (χ0) is 13.0. The fourth-order valence-electron chi connectivity index (χ4n) is 3.25. The van der Waals surface area contributed by atoms with Crippen LogP contribution in [0.1, 0.15) is 34.7 Å². The van der Waals surface area contributed by atoms with Gasteiger partial charge in [-0.2, -0.15) is 0 Å². The monoisotopic (exact) mass is 273 g/mol. The minimum atomic E-state index is 0.427. The molecule has 0 saturated heterocycles. The number of nitrogens with one attached hydrogen (secondary N) is 1. The zero-order valence-corrected chi connectivity index (χ0v) is 12.3. The summed E-state index contributed by atoms with van der Waals surface area (Å²) in [7, 11) is 2.22. The van der Waals surface area contributed by atoms with Crippen LogP contribution in [0.2, 0.25) is 0 Å².